The maximum Gasteiger partial charge on any atom is 0.421 e. The quantitative estimate of drug-likeness (QED) is 0.508. The smallest absolute Gasteiger partial charge is 0.421 e. The van der Waals surface area contributed by atoms with Gasteiger partial charge in [-0.2, -0.15) is 13.2 Å². The normalized spacial score (nSPS) is 12.4. The van der Waals surface area contributed by atoms with Crippen LogP contribution in [0.1, 0.15) is 5.56 Å². The van der Waals surface area contributed by atoms with Gasteiger partial charge in [0.25, 0.3) is 0 Å². The zero-order valence-corrected chi connectivity index (χ0v) is 12.2. The molecule has 0 aliphatic heterocycles. The van der Waals surface area contributed by atoms with E-state index in [0.29, 0.717) is 8.96 Å². The van der Waals surface area contributed by atoms with Gasteiger partial charge in [0, 0.05) is 19.0 Å². The van der Waals surface area contributed by atoms with Gasteiger partial charge in [0.2, 0.25) is 0 Å². The number of aromatic hydroxyl groups is 1. The second-order valence-electron chi connectivity index (χ2n) is 4.05. The molecule has 6 heteroatoms. The van der Waals surface area contributed by atoms with Crippen LogP contribution in [-0.4, -0.2) is 5.11 Å². The predicted octanol–water partition coefficient (Wildman–Crippen LogP) is 5.38. The number of phenols is 1. The van der Waals surface area contributed by atoms with Crippen molar-refractivity contribution in [1.29, 1.82) is 0 Å². The fourth-order valence-corrected chi connectivity index (χ4v) is 4.44. The van der Waals surface area contributed by atoms with Gasteiger partial charge in [-0.25, -0.2) is 0 Å². The number of thiophene rings is 1. The summed E-state index contributed by atoms with van der Waals surface area (Å²) < 4.78 is 40.7. The molecule has 1 aromatic heterocycles. The molecule has 3 aromatic rings. The molecule has 0 fully saturated rings. The van der Waals surface area contributed by atoms with Gasteiger partial charge in [0.15, 0.2) is 0 Å². The highest BCUT2D eigenvalue weighted by molar-refractivity contribution is 14.1. The Hall–Kier alpha value is -1.02. The van der Waals surface area contributed by atoms with Crippen molar-refractivity contribution in [2.24, 2.45) is 0 Å². The molecule has 0 amide bonds. The fraction of sp³-hybridized carbons (Fsp3) is 0.0769. The molecule has 98 valence electrons. The van der Waals surface area contributed by atoms with E-state index in [9.17, 15) is 18.3 Å². The summed E-state index contributed by atoms with van der Waals surface area (Å²) in [6.45, 7) is 0. The molecule has 0 aliphatic rings. The minimum atomic E-state index is -4.56. The second-order valence-corrected chi connectivity index (χ2v) is 6.27. The summed E-state index contributed by atoms with van der Waals surface area (Å²) in [5.41, 5.74) is -0.941. The third-order valence-electron chi connectivity index (χ3n) is 2.86. The van der Waals surface area contributed by atoms with Gasteiger partial charge in [-0.1, -0.05) is 18.2 Å². The first-order valence-corrected chi connectivity index (χ1v) is 7.19. The lowest BCUT2D eigenvalue weighted by atomic mass is 10.1. The minimum absolute atomic E-state index is 0.0955. The lowest BCUT2D eigenvalue weighted by Gasteiger charge is -2.11. The summed E-state index contributed by atoms with van der Waals surface area (Å²) in [5, 5.41) is 11.0. The number of hydrogen-bond donors (Lipinski definition) is 1. The summed E-state index contributed by atoms with van der Waals surface area (Å²) in [7, 11) is 0. The van der Waals surface area contributed by atoms with E-state index in [0.717, 1.165) is 21.4 Å². The van der Waals surface area contributed by atoms with E-state index in [-0.39, 0.29) is 4.70 Å². The Kier molecular flexibility index (Phi) is 2.90. The Bertz CT molecular complexity index is 792. The van der Waals surface area contributed by atoms with Crippen LogP contribution in [0.4, 0.5) is 13.2 Å². The van der Waals surface area contributed by atoms with E-state index < -0.39 is 17.5 Å². The summed E-state index contributed by atoms with van der Waals surface area (Å²) in [6, 6.07) is 8.34. The molecule has 19 heavy (non-hydrogen) atoms. The standard InChI is InChI=1S/C13H6F3IOS/c14-13(15,16)11-8(18)5-7(17)10-6-3-1-2-4-9(6)19-12(10)11/h1-5,18H. The van der Waals surface area contributed by atoms with Crippen LogP contribution in [0.3, 0.4) is 0 Å². The molecule has 3 rings (SSSR count). The van der Waals surface area contributed by atoms with E-state index in [2.05, 4.69) is 0 Å². The molecule has 0 bridgehead atoms. The van der Waals surface area contributed by atoms with Gasteiger partial charge in [-0.15, -0.1) is 11.3 Å². The van der Waals surface area contributed by atoms with Crippen LogP contribution in [0, 0.1) is 3.57 Å². The van der Waals surface area contributed by atoms with E-state index in [1.54, 1.807) is 24.3 Å². The van der Waals surface area contributed by atoms with E-state index in [1.165, 1.54) is 6.07 Å². The molecular formula is C13H6F3IOS. The summed E-state index contributed by atoms with van der Waals surface area (Å²) >= 11 is 3.01. The summed E-state index contributed by atoms with van der Waals surface area (Å²) in [6.07, 6.45) is -4.56. The Morgan fingerprint density at radius 1 is 1.16 bits per heavy atom. The van der Waals surface area contributed by atoms with Crippen LogP contribution in [0.2, 0.25) is 0 Å². The fourth-order valence-electron chi connectivity index (χ4n) is 2.11. The number of rotatable bonds is 0. The van der Waals surface area contributed by atoms with Crippen molar-refractivity contribution in [2.45, 2.75) is 6.18 Å². The summed E-state index contributed by atoms with van der Waals surface area (Å²) in [4.78, 5) is 0. The van der Waals surface area contributed by atoms with Gasteiger partial charge in [0.05, 0.1) is 4.70 Å². The van der Waals surface area contributed by atoms with Crippen molar-refractivity contribution in [3.63, 3.8) is 0 Å². The monoisotopic (exact) mass is 394 g/mol. The van der Waals surface area contributed by atoms with Crippen LogP contribution in [0.5, 0.6) is 5.75 Å². The van der Waals surface area contributed by atoms with Crippen molar-refractivity contribution in [2.75, 3.05) is 0 Å². The van der Waals surface area contributed by atoms with Crippen molar-refractivity contribution < 1.29 is 18.3 Å². The van der Waals surface area contributed by atoms with Gasteiger partial charge < -0.3 is 5.11 Å². The van der Waals surface area contributed by atoms with Gasteiger partial charge in [-0.05, 0) is 34.7 Å². The molecule has 0 aliphatic carbocycles. The van der Waals surface area contributed by atoms with Crippen molar-refractivity contribution in [1.82, 2.24) is 0 Å². The van der Waals surface area contributed by atoms with E-state index in [4.69, 9.17) is 0 Å². The zero-order chi connectivity index (χ0) is 13.8. The molecule has 1 heterocycles. The second kappa shape index (κ2) is 4.24. The Morgan fingerprint density at radius 3 is 2.53 bits per heavy atom. The first-order valence-electron chi connectivity index (χ1n) is 5.29. The average molecular weight is 394 g/mol. The largest absolute Gasteiger partial charge is 0.507 e. The van der Waals surface area contributed by atoms with Gasteiger partial charge in [0.1, 0.15) is 11.3 Å². The van der Waals surface area contributed by atoms with Gasteiger partial charge in [-0.3, -0.25) is 0 Å². The Morgan fingerprint density at radius 2 is 1.84 bits per heavy atom. The molecule has 0 spiro atoms. The zero-order valence-electron chi connectivity index (χ0n) is 9.25. The Labute approximate surface area is 123 Å². The molecule has 0 unspecified atom stereocenters. The lowest BCUT2D eigenvalue weighted by Crippen LogP contribution is -2.05. The third-order valence-corrected chi connectivity index (χ3v) is 4.90. The highest BCUT2D eigenvalue weighted by Gasteiger charge is 2.37. The van der Waals surface area contributed by atoms with Crippen molar-refractivity contribution in [3.8, 4) is 5.75 Å². The Balaban J connectivity index is 2.58. The van der Waals surface area contributed by atoms with Crippen LogP contribution in [0.25, 0.3) is 20.2 Å². The van der Waals surface area contributed by atoms with Crippen molar-refractivity contribution in [3.05, 3.63) is 39.5 Å². The molecule has 0 saturated carbocycles. The van der Waals surface area contributed by atoms with Crippen molar-refractivity contribution >= 4 is 54.1 Å². The maximum atomic E-state index is 13.1. The average Bonchev–Trinajstić information content (AvgIpc) is 2.65. The van der Waals surface area contributed by atoms with Crippen LogP contribution in [-0.2, 0) is 6.18 Å². The molecule has 0 saturated heterocycles. The first kappa shape index (κ1) is 13.0. The van der Waals surface area contributed by atoms with Crippen LogP contribution >= 0.6 is 33.9 Å². The number of phenolic OH excluding ortho intramolecular Hbond substituents is 1. The van der Waals surface area contributed by atoms with Gasteiger partial charge >= 0.3 is 6.18 Å². The molecule has 1 nitrogen and oxygen atoms in total. The lowest BCUT2D eigenvalue weighted by molar-refractivity contribution is -0.137. The first-order chi connectivity index (χ1) is 8.89. The van der Waals surface area contributed by atoms with E-state index in [1.807, 2.05) is 22.6 Å². The van der Waals surface area contributed by atoms with Crippen LogP contribution in [0.15, 0.2) is 30.3 Å². The number of alkyl halides is 3. The number of hydrogen-bond acceptors (Lipinski definition) is 2. The highest BCUT2D eigenvalue weighted by Crippen LogP contribution is 2.47. The number of fused-ring (bicyclic) bond motifs is 3. The SMILES string of the molecule is Oc1cc(I)c2c(sc3ccccc32)c1C(F)(F)F. The topological polar surface area (TPSA) is 20.2 Å². The highest BCUT2D eigenvalue weighted by atomic mass is 127. The number of benzene rings is 2. The molecular weight excluding hydrogens is 388 g/mol. The minimum Gasteiger partial charge on any atom is -0.507 e. The third kappa shape index (κ3) is 1.97. The molecule has 0 atom stereocenters. The summed E-state index contributed by atoms with van der Waals surface area (Å²) in [5.74, 6) is -0.712. The molecule has 0 radical (unpaired) electrons. The molecule has 1 N–H and O–H groups in total. The van der Waals surface area contributed by atoms with Crippen LogP contribution < -0.4 is 0 Å². The predicted molar refractivity (Wildman–Crippen MR) is 78.7 cm³/mol. The number of halogens is 4. The maximum absolute atomic E-state index is 13.1. The molecule has 2 aromatic carbocycles. The van der Waals surface area contributed by atoms with E-state index >= 15 is 0 Å².